The summed E-state index contributed by atoms with van der Waals surface area (Å²) in [4.78, 5) is 25.2. The minimum absolute atomic E-state index is 0.313. The molecule has 1 aliphatic rings. The van der Waals surface area contributed by atoms with E-state index in [0.29, 0.717) is 30.3 Å². The number of benzene rings is 2. The van der Waals surface area contributed by atoms with Crippen molar-refractivity contribution in [3.63, 3.8) is 0 Å². The number of nitrogens with zero attached hydrogens (tertiary/aromatic N) is 2. The molecule has 0 aliphatic carbocycles. The molecule has 178 valence electrons. The van der Waals surface area contributed by atoms with Crippen LogP contribution in [0.2, 0.25) is 0 Å². The Morgan fingerprint density at radius 1 is 1.03 bits per heavy atom. The van der Waals surface area contributed by atoms with Crippen molar-refractivity contribution < 1.29 is 33.0 Å². The molecular formula is C23H25F3N2O4S. The van der Waals surface area contributed by atoms with Gasteiger partial charge in [0.15, 0.2) is 0 Å². The molecular weight excluding hydrogens is 457 g/mol. The highest BCUT2D eigenvalue weighted by atomic mass is 32.2. The Hall–Kier alpha value is -2.98. The van der Waals surface area contributed by atoms with Gasteiger partial charge in [0.25, 0.3) is 0 Å². The van der Waals surface area contributed by atoms with Gasteiger partial charge in [-0.3, -0.25) is 0 Å². The summed E-state index contributed by atoms with van der Waals surface area (Å²) in [5.74, 6) is -2.20. The highest BCUT2D eigenvalue weighted by molar-refractivity contribution is 7.99. The second-order valence-corrected chi connectivity index (χ2v) is 8.82. The zero-order chi connectivity index (χ0) is 24.8. The molecule has 0 fully saturated rings. The maximum atomic E-state index is 13.2. The number of carboxylic acids is 2. The van der Waals surface area contributed by atoms with E-state index in [9.17, 15) is 22.8 Å². The van der Waals surface area contributed by atoms with Crippen molar-refractivity contribution in [2.45, 2.75) is 22.9 Å². The van der Waals surface area contributed by atoms with Gasteiger partial charge in [-0.2, -0.15) is 13.2 Å². The third kappa shape index (κ3) is 7.83. The molecule has 6 nitrogen and oxygen atoms in total. The van der Waals surface area contributed by atoms with E-state index < -0.39 is 23.7 Å². The Bertz CT molecular complexity index is 1010. The van der Waals surface area contributed by atoms with Crippen LogP contribution in [0.25, 0.3) is 0 Å². The molecule has 0 bridgehead atoms. The predicted octanol–water partition coefficient (Wildman–Crippen LogP) is 5.22. The van der Waals surface area contributed by atoms with E-state index in [1.807, 2.05) is 43.3 Å². The molecule has 2 aromatic rings. The Kier molecular flexibility index (Phi) is 8.95. The molecule has 1 heterocycles. The molecule has 0 aromatic heterocycles. The minimum Gasteiger partial charge on any atom is -0.478 e. The summed E-state index contributed by atoms with van der Waals surface area (Å²) >= 11 is 1.53. The molecule has 1 atom stereocenters. The normalized spacial score (nSPS) is 13.7. The molecule has 1 unspecified atom stereocenters. The summed E-state index contributed by atoms with van der Waals surface area (Å²) in [6.45, 7) is 3.67. The predicted molar refractivity (Wildman–Crippen MR) is 121 cm³/mol. The van der Waals surface area contributed by atoms with Crippen molar-refractivity contribution in [1.82, 2.24) is 4.90 Å². The molecule has 0 saturated heterocycles. The van der Waals surface area contributed by atoms with Crippen LogP contribution >= 0.6 is 11.8 Å². The number of anilines is 2. The lowest BCUT2D eigenvalue weighted by Crippen LogP contribution is -2.31. The number of aliphatic carboxylic acids is 2. The van der Waals surface area contributed by atoms with Crippen molar-refractivity contribution in [3.05, 3.63) is 60.2 Å². The molecule has 1 aliphatic heterocycles. The fraction of sp³-hybridized carbons (Fsp3) is 0.304. The molecule has 2 aromatic carbocycles. The number of hydrogen-bond acceptors (Lipinski definition) is 5. The van der Waals surface area contributed by atoms with E-state index in [2.05, 4.69) is 11.8 Å². The first-order valence-corrected chi connectivity index (χ1v) is 10.7. The summed E-state index contributed by atoms with van der Waals surface area (Å²) in [5, 5.41) is 15.6. The summed E-state index contributed by atoms with van der Waals surface area (Å²) in [6, 6.07) is 11.9. The highest BCUT2D eigenvalue weighted by Crippen LogP contribution is 2.49. The van der Waals surface area contributed by atoms with Crippen LogP contribution in [0.3, 0.4) is 0 Å². The number of carboxylic acid groups (broad SMARTS) is 2. The molecule has 2 N–H and O–H groups in total. The Labute approximate surface area is 194 Å². The van der Waals surface area contributed by atoms with E-state index in [1.54, 1.807) is 6.07 Å². The Morgan fingerprint density at radius 3 is 2.15 bits per heavy atom. The van der Waals surface area contributed by atoms with E-state index in [-0.39, 0.29) is 0 Å². The van der Waals surface area contributed by atoms with E-state index in [0.717, 1.165) is 22.0 Å². The average Bonchev–Trinajstić information content (AvgIpc) is 2.71. The smallest absolute Gasteiger partial charge is 0.416 e. The first kappa shape index (κ1) is 26.3. The zero-order valence-electron chi connectivity index (χ0n) is 18.3. The molecule has 10 heteroatoms. The lowest BCUT2D eigenvalue weighted by molar-refractivity contribution is -0.137. The Morgan fingerprint density at radius 2 is 1.61 bits per heavy atom. The number of fused-ring (bicyclic) bond motifs is 2. The third-order valence-electron chi connectivity index (χ3n) is 4.49. The summed E-state index contributed by atoms with van der Waals surface area (Å²) in [6.07, 6.45) is -3.22. The van der Waals surface area contributed by atoms with Crippen LogP contribution in [0.5, 0.6) is 0 Å². The Balaban J connectivity index is 0.000000414. The van der Waals surface area contributed by atoms with Gasteiger partial charge >= 0.3 is 18.1 Å². The fourth-order valence-electron chi connectivity index (χ4n) is 3.34. The monoisotopic (exact) mass is 482 g/mol. The molecule has 3 rings (SSSR count). The topological polar surface area (TPSA) is 81.1 Å². The SMILES string of the molecule is CC(CN(C)C)CN1c2ccccc2Sc2ccc(C(F)(F)F)cc21.O=C(O)/C=C/C(=O)O. The van der Waals surface area contributed by atoms with Gasteiger partial charge in [0.1, 0.15) is 0 Å². The van der Waals surface area contributed by atoms with Crippen LogP contribution in [0, 0.1) is 5.92 Å². The van der Waals surface area contributed by atoms with Gasteiger partial charge in [0, 0.05) is 35.0 Å². The molecule has 0 amide bonds. The quantitative estimate of drug-likeness (QED) is 0.547. The first-order valence-electron chi connectivity index (χ1n) is 9.92. The number of halogens is 3. The minimum atomic E-state index is -4.34. The number of rotatable bonds is 6. The van der Waals surface area contributed by atoms with Gasteiger partial charge in [0.05, 0.1) is 16.9 Å². The summed E-state index contributed by atoms with van der Waals surface area (Å²) in [7, 11) is 4.01. The number of alkyl halides is 3. The summed E-state index contributed by atoms with van der Waals surface area (Å²) in [5.41, 5.74) is 1.02. The standard InChI is InChI=1S/C19H21F3N2S.C4H4O4/c1-13(11-23(2)3)12-24-15-6-4-5-7-17(15)25-18-9-8-14(10-16(18)24)19(20,21)22;5-3(6)1-2-4(7)8/h4-10,13H,11-12H2,1-3H3;1-2H,(H,5,6)(H,7,8)/b;2-1+. The highest BCUT2D eigenvalue weighted by Gasteiger charge is 2.33. The zero-order valence-corrected chi connectivity index (χ0v) is 19.2. The number of hydrogen-bond donors (Lipinski definition) is 2. The molecule has 0 saturated carbocycles. The molecule has 0 spiro atoms. The van der Waals surface area contributed by atoms with E-state index >= 15 is 0 Å². The van der Waals surface area contributed by atoms with Gasteiger partial charge < -0.3 is 20.0 Å². The van der Waals surface area contributed by atoms with Gasteiger partial charge in [-0.05, 0) is 50.3 Å². The van der Waals surface area contributed by atoms with E-state index in [1.165, 1.54) is 23.9 Å². The van der Waals surface area contributed by atoms with Crippen molar-refractivity contribution in [2.24, 2.45) is 5.92 Å². The van der Waals surface area contributed by atoms with Gasteiger partial charge in [-0.1, -0.05) is 30.8 Å². The third-order valence-corrected chi connectivity index (χ3v) is 5.62. The van der Waals surface area contributed by atoms with Crippen LogP contribution < -0.4 is 4.90 Å². The van der Waals surface area contributed by atoms with Crippen molar-refractivity contribution in [1.29, 1.82) is 0 Å². The fourth-order valence-corrected chi connectivity index (χ4v) is 4.41. The average molecular weight is 483 g/mol. The van der Waals surface area contributed by atoms with Crippen molar-refractivity contribution in [2.75, 3.05) is 32.1 Å². The largest absolute Gasteiger partial charge is 0.478 e. The second-order valence-electron chi connectivity index (χ2n) is 7.74. The van der Waals surface area contributed by atoms with Crippen LogP contribution in [0.4, 0.5) is 24.5 Å². The molecule has 33 heavy (non-hydrogen) atoms. The lowest BCUT2D eigenvalue weighted by atomic mass is 10.1. The first-order chi connectivity index (χ1) is 15.4. The van der Waals surface area contributed by atoms with Crippen LogP contribution in [0.15, 0.2) is 64.4 Å². The maximum Gasteiger partial charge on any atom is 0.416 e. The number of para-hydroxylation sites is 1. The van der Waals surface area contributed by atoms with Crippen LogP contribution in [0.1, 0.15) is 12.5 Å². The number of carbonyl (C=O) groups is 2. The van der Waals surface area contributed by atoms with Crippen molar-refractivity contribution >= 4 is 35.1 Å². The van der Waals surface area contributed by atoms with Crippen LogP contribution in [-0.4, -0.2) is 54.2 Å². The van der Waals surface area contributed by atoms with Gasteiger partial charge in [-0.25, -0.2) is 9.59 Å². The lowest BCUT2D eigenvalue weighted by Gasteiger charge is -2.35. The second kappa shape index (κ2) is 11.2. The summed E-state index contributed by atoms with van der Waals surface area (Å²) < 4.78 is 39.6. The maximum absolute atomic E-state index is 13.2. The van der Waals surface area contributed by atoms with Gasteiger partial charge in [-0.15, -0.1) is 0 Å². The van der Waals surface area contributed by atoms with E-state index in [4.69, 9.17) is 10.2 Å². The van der Waals surface area contributed by atoms with Gasteiger partial charge in [0.2, 0.25) is 0 Å². The molecule has 0 radical (unpaired) electrons. The van der Waals surface area contributed by atoms with Crippen LogP contribution in [-0.2, 0) is 15.8 Å². The van der Waals surface area contributed by atoms with Crippen molar-refractivity contribution in [3.8, 4) is 0 Å².